The van der Waals surface area contributed by atoms with Crippen LogP contribution in [0.15, 0.2) is 76.5 Å². The molecule has 1 aliphatic heterocycles. The van der Waals surface area contributed by atoms with E-state index in [0.29, 0.717) is 36.1 Å². The summed E-state index contributed by atoms with van der Waals surface area (Å²) in [5, 5.41) is 2.82. The van der Waals surface area contributed by atoms with Gasteiger partial charge in [0.1, 0.15) is 13.2 Å². The van der Waals surface area contributed by atoms with Crippen molar-refractivity contribution in [3.63, 3.8) is 0 Å². The van der Waals surface area contributed by atoms with Gasteiger partial charge in [0.2, 0.25) is 5.91 Å². The second kappa shape index (κ2) is 9.54. The first-order valence-electron chi connectivity index (χ1n) is 9.91. The number of ether oxygens (including phenoxy) is 2. The number of anilines is 2. The first kappa shape index (κ1) is 22.0. The van der Waals surface area contributed by atoms with Crippen LogP contribution in [0.5, 0.6) is 11.5 Å². The van der Waals surface area contributed by atoms with Crippen LogP contribution in [0.2, 0.25) is 0 Å². The van der Waals surface area contributed by atoms with Crippen molar-refractivity contribution in [1.82, 2.24) is 0 Å². The molecule has 32 heavy (non-hydrogen) atoms. The van der Waals surface area contributed by atoms with E-state index in [1.54, 1.807) is 30.3 Å². The maximum atomic E-state index is 12.7. The second-order valence-corrected chi connectivity index (χ2v) is 9.79. The Hall–Kier alpha value is -3.17. The minimum Gasteiger partial charge on any atom is -0.486 e. The molecule has 9 heteroatoms. The highest BCUT2D eigenvalue weighted by Gasteiger charge is 2.19. The monoisotopic (exact) mass is 470 g/mol. The van der Waals surface area contributed by atoms with Crippen molar-refractivity contribution in [2.45, 2.75) is 16.7 Å². The summed E-state index contributed by atoms with van der Waals surface area (Å²) in [6, 6.07) is 18.9. The number of hydrogen-bond acceptors (Lipinski definition) is 6. The van der Waals surface area contributed by atoms with E-state index in [4.69, 9.17) is 9.47 Å². The Morgan fingerprint density at radius 2 is 1.62 bits per heavy atom. The first-order valence-corrected chi connectivity index (χ1v) is 12.4. The molecule has 0 aromatic heterocycles. The average Bonchev–Trinajstić information content (AvgIpc) is 2.79. The van der Waals surface area contributed by atoms with Crippen LogP contribution in [0.1, 0.15) is 5.56 Å². The quantitative estimate of drug-likeness (QED) is 0.500. The molecule has 0 saturated carbocycles. The molecule has 0 radical (unpaired) electrons. The van der Waals surface area contributed by atoms with Crippen molar-refractivity contribution in [2.24, 2.45) is 0 Å². The molecule has 0 aliphatic carbocycles. The van der Waals surface area contributed by atoms with E-state index in [9.17, 15) is 13.2 Å². The van der Waals surface area contributed by atoms with E-state index < -0.39 is 10.0 Å². The van der Waals surface area contributed by atoms with Crippen LogP contribution in [0.4, 0.5) is 11.4 Å². The maximum absolute atomic E-state index is 12.7. The van der Waals surface area contributed by atoms with E-state index in [1.165, 1.54) is 23.9 Å². The fraction of sp³-hybridized carbons (Fsp3) is 0.174. The summed E-state index contributed by atoms with van der Waals surface area (Å²) in [6.45, 7) is 2.82. The zero-order chi connectivity index (χ0) is 22.6. The lowest BCUT2D eigenvalue weighted by molar-refractivity contribution is -0.113. The molecule has 0 unspecified atom stereocenters. The van der Waals surface area contributed by atoms with Crippen molar-refractivity contribution >= 4 is 39.1 Å². The number of hydrogen-bond donors (Lipinski definition) is 2. The Morgan fingerprint density at radius 1 is 0.938 bits per heavy atom. The third-order valence-corrected chi connectivity index (χ3v) is 7.25. The van der Waals surface area contributed by atoms with Crippen LogP contribution in [0, 0.1) is 6.92 Å². The van der Waals surface area contributed by atoms with Gasteiger partial charge in [-0.1, -0.05) is 18.2 Å². The Balaban J connectivity index is 1.36. The molecule has 0 atom stereocenters. The molecule has 2 N–H and O–H groups in total. The van der Waals surface area contributed by atoms with Crippen LogP contribution in [0.3, 0.4) is 0 Å². The average molecular weight is 471 g/mol. The van der Waals surface area contributed by atoms with Crippen molar-refractivity contribution < 1.29 is 22.7 Å². The number of rotatable bonds is 7. The summed E-state index contributed by atoms with van der Waals surface area (Å²) >= 11 is 1.47. The number of sulfonamides is 1. The fourth-order valence-electron chi connectivity index (χ4n) is 3.09. The molecule has 4 rings (SSSR count). The van der Waals surface area contributed by atoms with Gasteiger partial charge in [-0.15, -0.1) is 11.8 Å². The number of carbonyl (C=O) groups is 1. The normalized spacial score (nSPS) is 12.8. The summed E-state index contributed by atoms with van der Waals surface area (Å²) in [4.78, 5) is 13.4. The summed E-state index contributed by atoms with van der Waals surface area (Å²) in [7, 11) is -3.80. The SMILES string of the molecule is Cc1ccccc1SCC(=O)Nc1ccc(NS(=O)(=O)c2ccc3c(c2)OCCO3)cc1. The van der Waals surface area contributed by atoms with Gasteiger partial charge in [-0.05, 0) is 55.0 Å². The van der Waals surface area contributed by atoms with Gasteiger partial charge in [-0.25, -0.2) is 8.42 Å². The van der Waals surface area contributed by atoms with Crippen LogP contribution < -0.4 is 19.5 Å². The van der Waals surface area contributed by atoms with Gasteiger partial charge in [0.25, 0.3) is 10.0 Å². The maximum Gasteiger partial charge on any atom is 0.262 e. The zero-order valence-electron chi connectivity index (χ0n) is 17.3. The van der Waals surface area contributed by atoms with Crippen LogP contribution in [-0.4, -0.2) is 33.3 Å². The fourth-order valence-corrected chi connectivity index (χ4v) is 4.99. The highest BCUT2D eigenvalue weighted by Crippen LogP contribution is 2.32. The van der Waals surface area contributed by atoms with Crippen LogP contribution in [0.25, 0.3) is 0 Å². The van der Waals surface area contributed by atoms with Gasteiger partial charge in [0, 0.05) is 22.3 Å². The van der Waals surface area contributed by atoms with E-state index in [0.717, 1.165) is 10.5 Å². The highest BCUT2D eigenvalue weighted by molar-refractivity contribution is 8.00. The molecule has 1 aliphatic rings. The van der Waals surface area contributed by atoms with Crippen LogP contribution >= 0.6 is 11.8 Å². The third kappa shape index (κ3) is 5.35. The molecule has 3 aromatic rings. The smallest absolute Gasteiger partial charge is 0.262 e. The van der Waals surface area contributed by atoms with Crippen molar-refractivity contribution in [2.75, 3.05) is 29.0 Å². The van der Waals surface area contributed by atoms with Crippen molar-refractivity contribution in [3.05, 3.63) is 72.3 Å². The van der Waals surface area contributed by atoms with Gasteiger partial charge in [0.15, 0.2) is 11.5 Å². The molecule has 0 spiro atoms. The highest BCUT2D eigenvalue weighted by atomic mass is 32.2. The largest absolute Gasteiger partial charge is 0.486 e. The molecule has 3 aromatic carbocycles. The van der Waals surface area contributed by atoms with Gasteiger partial charge in [0.05, 0.1) is 10.6 Å². The number of thioether (sulfide) groups is 1. The summed E-state index contributed by atoms with van der Waals surface area (Å²) in [5.41, 5.74) is 2.09. The Morgan fingerprint density at radius 3 is 2.38 bits per heavy atom. The Labute approximate surface area is 191 Å². The molecular weight excluding hydrogens is 448 g/mol. The zero-order valence-corrected chi connectivity index (χ0v) is 19.0. The number of fused-ring (bicyclic) bond motifs is 1. The van der Waals surface area contributed by atoms with Gasteiger partial charge < -0.3 is 14.8 Å². The molecule has 1 heterocycles. The topological polar surface area (TPSA) is 93.7 Å². The van der Waals surface area contributed by atoms with E-state index in [1.807, 2.05) is 31.2 Å². The number of benzene rings is 3. The van der Waals surface area contributed by atoms with Crippen molar-refractivity contribution in [1.29, 1.82) is 0 Å². The lowest BCUT2D eigenvalue weighted by atomic mass is 10.2. The predicted octanol–water partition coefficient (Wildman–Crippen LogP) is 4.30. The molecule has 7 nitrogen and oxygen atoms in total. The standard InChI is InChI=1S/C23H22N2O5S2/c1-16-4-2-3-5-22(16)31-15-23(26)24-17-6-8-18(9-7-17)25-32(27,28)19-10-11-20-21(14-19)30-13-12-29-20/h2-11,14,25H,12-13,15H2,1H3,(H,24,26). The molecule has 0 saturated heterocycles. The van der Waals surface area contributed by atoms with Crippen molar-refractivity contribution in [3.8, 4) is 11.5 Å². The number of amides is 1. The second-order valence-electron chi connectivity index (χ2n) is 7.09. The Kier molecular flexibility index (Phi) is 6.57. The van der Waals surface area contributed by atoms with Gasteiger partial charge >= 0.3 is 0 Å². The summed E-state index contributed by atoms with van der Waals surface area (Å²) in [5.74, 6) is 1.07. The van der Waals surface area contributed by atoms with E-state index in [-0.39, 0.29) is 16.6 Å². The molecule has 0 bridgehead atoms. The summed E-state index contributed by atoms with van der Waals surface area (Å²) in [6.07, 6.45) is 0. The predicted molar refractivity (Wildman–Crippen MR) is 125 cm³/mol. The minimum absolute atomic E-state index is 0.0763. The first-order chi connectivity index (χ1) is 15.4. The van der Waals surface area contributed by atoms with E-state index >= 15 is 0 Å². The number of aryl methyl sites for hydroxylation is 1. The minimum atomic E-state index is -3.80. The summed E-state index contributed by atoms with van der Waals surface area (Å²) < 4.78 is 38.9. The third-order valence-electron chi connectivity index (χ3n) is 4.70. The molecule has 0 fully saturated rings. The Bertz CT molecular complexity index is 1230. The lowest BCUT2D eigenvalue weighted by Crippen LogP contribution is -2.17. The van der Waals surface area contributed by atoms with Crippen LogP contribution in [-0.2, 0) is 14.8 Å². The van der Waals surface area contributed by atoms with E-state index in [2.05, 4.69) is 10.0 Å². The van der Waals surface area contributed by atoms with Gasteiger partial charge in [-0.2, -0.15) is 0 Å². The molecular formula is C23H22N2O5S2. The lowest BCUT2D eigenvalue weighted by Gasteiger charge is -2.19. The molecule has 1 amide bonds. The molecule has 166 valence electrons. The van der Waals surface area contributed by atoms with Gasteiger partial charge in [-0.3, -0.25) is 9.52 Å². The number of nitrogens with one attached hydrogen (secondary N) is 2. The number of carbonyl (C=O) groups excluding carboxylic acids is 1.